The number of ether oxygens (including phenoxy) is 2. The Labute approximate surface area is 205 Å². The van der Waals surface area contributed by atoms with Crippen molar-refractivity contribution in [3.05, 3.63) is 89.0 Å². The lowest BCUT2D eigenvalue weighted by Crippen LogP contribution is -2.30. The number of carbonyl (C=O) groups is 2. The molecule has 0 bridgehead atoms. The molecule has 0 saturated carbocycles. The Morgan fingerprint density at radius 1 is 1.06 bits per heavy atom. The van der Waals surface area contributed by atoms with Gasteiger partial charge in [0.25, 0.3) is 0 Å². The van der Waals surface area contributed by atoms with Gasteiger partial charge in [0.05, 0.1) is 19.2 Å². The summed E-state index contributed by atoms with van der Waals surface area (Å²) in [6.07, 6.45) is 1.70. The molecule has 4 rings (SSSR count). The fraction of sp³-hybridized carbons (Fsp3) is 0.250. The van der Waals surface area contributed by atoms with E-state index in [2.05, 4.69) is 10.5 Å². The number of hydrogen-bond acceptors (Lipinski definition) is 5. The molecular formula is C28H29N3O4. The van der Waals surface area contributed by atoms with Crippen molar-refractivity contribution >= 4 is 23.7 Å². The van der Waals surface area contributed by atoms with Crippen LogP contribution in [0, 0.1) is 19.8 Å². The molecule has 1 atom stereocenters. The van der Waals surface area contributed by atoms with Crippen molar-refractivity contribution < 1.29 is 19.1 Å². The number of methoxy groups -OCH3 is 1. The molecule has 35 heavy (non-hydrogen) atoms. The fourth-order valence-corrected chi connectivity index (χ4v) is 3.91. The van der Waals surface area contributed by atoms with Crippen LogP contribution in [0.4, 0.5) is 5.69 Å². The van der Waals surface area contributed by atoms with Crippen LogP contribution in [-0.4, -0.2) is 31.7 Å². The highest BCUT2D eigenvalue weighted by Crippen LogP contribution is 2.29. The monoisotopic (exact) mass is 471 g/mol. The van der Waals surface area contributed by atoms with E-state index < -0.39 is 5.92 Å². The molecule has 1 aliphatic rings. The van der Waals surface area contributed by atoms with E-state index in [0.717, 1.165) is 27.9 Å². The number of anilines is 1. The summed E-state index contributed by atoms with van der Waals surface area (Å²) in [5.74, 6) is 0.392. The van der Waals surface area contributed by atoms with Crippen LogP contribution in [-0.2, 0) is 16.2 Å². The summed E-state index contributed by atoms with van der Waals surface area (Å²) in [5, 5.41) is 4.08. The number of carbonyl (C=O) groups excluding carboxylic acids is 2. The van der Waals surface area contributed by atoms with Crippen LogP contribution in [0.3, 0.4) is 0 Å². The van der Waals surface area contributed by atoms with Crippen LogP contribution < -0.4 is 19.8 Å². The molecule has 1 heterocycles. The van der Waals surface area contributed by atoms with Crippen molar-refractivity contribution in [1.82, 2.24) is 5.43 Å². The lowest BCUT2D eigenvalue weighted by Gasteiger charge is -2.17. The van der Waals surface area contributed by atoms with Gasteiger partial charge >= 0.3 is 0 Å². The number of benzene rings is 3. The molecular weight excluding hydrogens is 442 g/mol. The maximum absolute atomic E-state index is 12.6. The molecule has 2 amide bonds. The predicted molar refractivity (Wildman–Crippen MR) is 136 cm³/mol. The first kappa shape index (κ1) is 24.0. The van der Waals surface area contributed by atoms with Gasteiger partial charge in [-0.25, -0.2) is 5.43 Å². The lowest BCUT2D eigenvalue weighted by molar-refractivity contribution is -0.126. The van der Waals surface area contributed by atoms with E-state index in [9.17, 15) is 9.59 Å². The molecule has 1 aliphatic heterocycles. The van der Waals surface area contributed by atoms with Gasteiger partial charge in [0.2, 0.25) is 11.8 Å². The van der Waals surface area contributed by atoms with Crippen molar-refractivity contribution in [3.8, 4) is 11.5 Å². The number of rotatable bonds is 8. The third kappa shape index (κ3) is 5.87. The van der Waals surface area contributed by atoms with Crippen LogP contribution >= 0.6 is 0 Å². The number of nitrogens with zero attached hydrogens (tertiary/aromatic N) is 2. The number of nitrogens with one attached hydrogen (secondary N) is 1. The number of aryl methyl sites for hydroxylation is 2. The summed E-state index contributed by atoms with van der Waals surface area (Å²) < 4.78 is 11.3. The topological polar surface area (TPSA) is 80.2 Å². The van der Waals surface area contributed by atoms with Crippen molar-refractivity contribution in [2.45, 2.75) is 26.9 Å². The summed E-state index contributed by atoms with van der Waals surface area (Å²) in [6, 6.07) is 21.2. The van der Waals surface area contributed by atoms with Crippen LogP contribution in [0.15, 0.2) is 71.8 Å². The van der Waals surface area contributed by atoms with Crippen LogP contribution in [0.5, 0.6) is 11.5 Å². The van der Waals surface area contributed by atoms with Gasteiger partial charge in [-0.15, -0.1) is 0 Å². The first-order chi connectivity index (χ1) is 16.9. The number of hydrazone groups is 1. The Hall–Kier alpha value is -4.13. The molecule has 3 aromatic rings. The standard InChI is InChI=1S/C28H29N3O4/c1-19-9-11-24(13-20(19)2)31-17-23(15-27(31)32)28(33)30-29-16-22-10-12-25(26(14-22)34-3)35-18-21-7-5-4-6-8-21/h4-14,16,23H,15,17-18H2,1-3H3,(H,30,33)/b29-16-/t23-/m0/s1. The molecule has 0 unspecified atom stereocenters. The first-order valence-corrected chi connectivity index (χ1v) is 11.5. The number of hydrogen-bond donors (Lipinski definition) is 1. The van der Waals surface area contributed by atoms with E-state index in [1.807, 2.05) is 74.5 Å². The smallest absolute Gasteiger partial charge is 0.245 e. The Kier molecular flexibility index (Phi) is 7.45. The Bertz CT molecular complexity index is 1240. The summed E-state index contributed by atoms with van der Waals surface area (Å²) >= 11 is 0. The normalized spacial score (nSPS) is 15.5. The minimum Gasteiger partial charge on any atom is -0.493 e. The molecule has 0 spiro atoms. The zero-order valence-electron chi connectivity index (χ0n) is 20.2. The lowest BCUT2D eigenvalue weighted by atomic mass is 10.1. The van der Waals surface area contributed by atoms with Gasteiger partial charge in [-0.2, -0.15) is 5.10 Å². The van der Waals surface area contributed by atoms with Crippen molar-refractivity contribution in [2.75, 3.05) is 18.6 Å². The Morgan fingerprint density at radius 3 is 2.60 bits per heavy atom. The van der Waals surface area contributed by atoms with Crippen LogP contribution in [0.1, 0.15) is 28.7 Å². The largest absolute Gasteiger partial charge is 0.493 e. The summed E-state index contributed by atoms with van der Waals surface area (Å²) in [5.41, 5.74) is 7.46. The zero-order valence-corrected chi connectivity index (χ0v) is 20.2. The highest BCUT2D eigenvalue weighted by atomic mass is 16.5. The van der Waals surface area contributed by atoms with E-state index in [1.54, 1.807) is 24.3 Å². The fourth-order valence-electron chi connectivity index (χ4n) is 3.91. The third-order valence-electron chi connectivity index (χ3n) is 6.11. The third-order valence-corrected chi connectivity index (χ3v) is 6.11. The van der Waals surface area contributed by atoms with Gasteiger partial charge < -0.3 is 14.4 Å². The molecule has 1 N–H and O–H groups in total. The molecule has 0 radical (unpaired) electrons. The summed E-state index contributed by atoms with van der Waals surface area (Å²) in [7, 11) is 1.58. The molecule has 7 nitrogen and oxygen atoms in total. The molecule has 1 saturated heterocycles. The van der Waals surface area contributed by atoms with E-state index in [0.29, 0.717) is 24.7 Å². The molecule has 180 valence electrons. The maximum atomic E-state index is 12.6. The highest BCUT2D eigenvalue weighted by Gasteiger charge is 2.35. The van der Waals surface area contributed by atoms with Crippen molar-refractivity contribution in [2.24, 2.45) is 11.0 Å². The molecule has 0 aliphatic carbocycles. The molecule has 3 aromatic carbocycles. The quantitative estimate of drug-likeness (QED) is 0.390. The predicted octanol–water partition coefficient (Wildman–Crippen LogP) is 4.39. The number of amides is 2. The second-order valence-corrected chi connectivity index (χ2v) is 8.59. The van der Waals surface area contributed by atoms with Gasteiger partial charge in [-0.3, -0.25) is 9.59 Å². The molecule has 0 aromatic heterocycles. The van der Waals surface area contributed by atoms with Crippen LogP contribution in [0.25, 0.3) is 0 Å². The SMILES string of the molecule is COc1cc(/C=N\NC(=O)[C@H]2CC(=O)N(c3ccc(C)c(C)c3)C2)ccc1OCc1ccccc1. The second-order valence-electron chi connectivity index (χ2n) is 8.59. The average Bonchev–Trinajstić information content (AvgIpc) is 3.27. The van der Waals surface area contributed by atoms with Gasteiger partial charge in [0, 0.05) is 18.7 Å². The van der Waals surface area contributed by atoms with E-state index in [-0.39, 0.29) is 18.2 Å². The van der Waals surface area contributed by atoms with Crippen LogP contribution in [0.2, 0.25) is 0 Å². The second kappa shape index (κ2) is 10.9. The summed E-state index contributed by atoms with van der Waals surface area (Å²) in [4.78, 5) is 26.8. The zero-order chi connectivity index (χ0) is 24.8. The molecule has 1 fully saturated rings. The maximum Gasteiger partial charge on any atom is 0.245 e. The molecule has 7 heteroatoms. The van der Waals surface area contributed by atoms with Gasteiger partial charge in [0.1, 0.15) is 6.61 Å². The van der Waals surface area contributed by atoms with Gasteiger partial charge in [-0.05, 0) is 66.4 Å². The van der Waals surface area contributed by atoms with Gasteiger partial charge in [-0.1, -0.05) is 36.4 Å². The Morgan fingerprint density at radius 2 is 1.86 bits per heavy atom. The highest BCUT2D eigenvalue weighted by molar-refractivity contribution is 6.00. The van der Waals surface area contributed by atoms with E-state index in [1.165, 1.54) is 0 Å². The average molecular weight is 472 g/mol. The van der Waals surface area contributed by atoms with Crippen molar-refractivity contribution in [1.29, 1.82) is 0 Å². The van der Waals surface area contributed by atoms with Gasteiger partial charge in [0.15, 0.2) is 11.5 Å². The minimum atomic E-state index is -0.454. The summed E-state index contributed by atoms with van der Waals surface area (Å²) in [6.45, 7) is 4.80. The Balaban J connectivity index is 1.34. The van der Waals surface area contributed by atoms with Crippen molar-refractivity contribution in [3.63, 3.8) is 0 Å². The minimum absolute atomic E-state index is 0.0618. The van der Waals surface area contributed by atoms with E-state index in [4.69, 9.17) is 9.47 Å². The van der Waals surface area contributed by atoms with E-state index >= 15 is 0 Å². The first-order valence-electron chi connectivity index (χ1n) is 11.5.